The van der Waals surface area contributed by atoms with Crippen molar-refractivity contribution in [2.75, 3.05) is 20.0 Å². The molecule has 2 aromatic heterocycles. The van der Waals surface area contributed by atoms with Crippen molar-refractivity contribution in [1.29, 1.82) is 0 Å². The third-order valence-corrected chi connectivity index (χ3v) is 9.51. The van der Waals surface area contributed by atoms with E-state index >= 15 is 0 Å². The molecule has 1 fully saturated rings. The molecule has 4 unspecified atom stereocenters. The Labute approximate surface area is 268 Å². The number of pyridine rings is 1. The third-order valence-electron chi connectivity index (χ3n) is 9.51. The fraction of sp³-hybridized carbons (Fsp3) is 0.389. The summed E-state index contributed by atoms with van der Waals surface area (Å²) in [5.74, 6) is -0.759. The summed E-state index contributed by atoms with van der Waals surface area (Å²) in [6.45, 7) is 0. The molecule has 0 spiro atoms. The zero-order valence-corrected chi connectivity index (χ0v) is 26.2. The number of Topliss-reactive ketones (excluding diaryl/α,β-unsaturated/α-hetero) is 1. The molecule has 1 saturated carbocycles. The molecule has 10 heteroatoms. The number of rotatable bonds is 14. The van der Waals surface area contributed by atoms with Crippen LogP contribution in [0.2, 0.25) is 0 Å². The topological polar surface area (TPSA) is 169 Å². The summed E-state index contributed by atoms with van der Waals surface area (Å²) in [6, 6.07) is 15.7. The number of aliphatic hydroxyl groups is 1. The Morgan fingerprint density at radius 3 is 2.52 bits per heavy atom. The van der Waals surface area contributed by atoms with Crippen LogP contribution in [0.1, 0.15) is 54.5 Å². The third kappa shape index (κ3) is 6.77. The van der Waals surface area contributed by atoms with Gasteiger partial charge in [0.1, 0.15) is 11.6 Å². The molecule has 1 aliphatic carbocycles. The molecule has 0 aliphatic heterocycles. The van der Waals surface area contributed by atoms with E-state index in [2.05, 4.69) is 9.97 Å². The van der Waals surface area contributed by atoms with E-state index in [9.17, 15) is 25.2 Å². The van der Waals surface area contributed by atoms with Gasteiger partial charge in [-0.15, -0.1) is 0 Å². The summed E-state index contributed by atoms with van der Waals surface area (Å²) < 4.78 is 10.5. The van der Waals surface area contributed by atoms with Gasteiger partial charge in [-0.2, -0.15) is 11.9 Å². The van der Waals surface area contributed by atoms with Crippen LogP contribution in [-0.4, -0.2) is 51.5 Å². The van der Waals surface area contributed by atoms with Gasteiger partial charge in [0.2, 0.25) is 5.75 Å². The van der Waals surface area contributed by atoms with Gasteiger partial charge in [-0.3, -0.25) is 4.79 Å². The van der Waals surface area contributed by atoms with Crippen molar-refractivity contribution in [3.8, 4) is 28.7 Å². The Hall–Kier alpha value is -4.70. The Balaban J connectivity index is 1.53. The first kappa shape index (κ1) is 32.7. The first-order valence-corrected chi connectivity index (χ1v) is 15.6. The fourth-order valence-corrected chi connectivity index (χ4v) is 7.38. The van der Waals surface area contributed by atoms with Crippen LogP contribution in [0.3, 0.4) is 0 Å². The molecule has 5 rings (SSSR count). The molecule has 46 heavy (non-hydrogen) atoms. The summed E-state index contributed by atoms with van der Waals surface area (Å²) in [5, 5.41) is 42.6. The maximum Gasteiger partial charge on any atom is 0.200 e. The highest BCUT2D eigenvalue weighted by Crippen LogP contribution is 2.54. The number of benzene rings is 2. The second-order valence-corrected chi connectivity index (χ2v) is 12.2. The molecule has 2 heterocycles. The number of carbonyl (C=O) groups is 1. The minimum Gasteiger partial charge on any atom is -0.668 e. The highest BCUT2D eigenvalue weighted by atomic mass is 16.5. The lowest BCUT2D eigenvalue weighted by Crippen LogP contribution is -2.49. The molecule has 0 saturated heterocycles. The van der Waals surface area contributed by atoms with Crippen molar-refractivity contribution in [3.05, 3.63) is 89.4 Å². The van der Waals surface area contributed by atoms with Crippen LogP contribution < -0.4 is 20.2 Å². The van der Waals surface area contributed by atoms with Crippen LogP contribution in [0.5, 0.6) is 28.7 Å². The summed E-state index contributed by atoms with van der Waals surface area (Å²) in [7, 11) is 2.88. The van der Waals surface area contributed by atoms with Gasteiger partial charge in [-0.25, -0.2) is 4.98 Å². The molecule has 0 radical (unpaired) electrons. The normalized spacial score (nSPS) is 19.1. The van der Waals surface area contributed by atoms with Crippen molar-refractivity contribution >= 4 is 11.6 Å². The molecule has 6 N–H and O–H groups in total. The number of anilines is 1. The summed E-state index contributed by atoms with van der Waals surface area (Å²) in [4.78, 5) is 23.4. The largest absolute Gasteiger partial charge is 0.668 e. The number of nitrogens with two attached hydrogens (primary N) is 1. The highest BCUT2D eigenvalue weighted by Gasteiger charge is 2.54. The number of nitrogen functional groups attached to an aromatic ring is 1. The number of ether oxygens (including phenoxy) is 2. The predicted octanol–water partition coefficient (Wildman–Crippen LogP) is 4.85. The van der Waals surface area contributed by atoms with Gasteiger partial charge >= 0.3 is 0 Å². The first-order chi connectivity index (χ1) is 22.2. The average Bonchev–Trinajstić information content (AvgIpc) is 3.72. The number of nitrogens with zero attached hydrogens (tertiary/aromatic N) is 2. The van der Waals surface area contributed by atoms with E-state index in [-0.39, 0.29) is 47.5 Å². The quantitative estimate of drug-likeness (QED) is 0.122. The fourth-order valence-electron chi connectivity index (χ4n) is 7.38. The Kier molecular flexibility index (Phi) is 10.1. The average molecular weight is 629 g/mol. The highest BCUT2D eigenvalue weighted by molar-refractivity contribution is 5.84. The van der Waals surface area contributed by atoms with E-state index in [0.29, 0.717) is 42.8 Å². The second-order valence-electron chi connectivity index (χ2n) is 12.2. The number of aromatic nitrogens is 2. The van der Waals surface area contributed by atoms with Crippen LogP contribution in [0.4, 0.5) is 5.82 Å². The standard InChI is InChI=1S/C36H42N3O7/c1-45-31-18-22(7-10-27(31)40)8-11-28(41)34(29(42)12-9-23-17-30(43)35(44)32(19-23)46-2)36(25-13-16-39-33(37)21-25)14-3-5-24(36)20-26-6-4-15-38-26/h4,6-7,10,13,15-19,21,24,28,34,40-41,43-44H,3,5,8-9,11-12,14,20H2,1-2H3,(H2,37,39)/q-1. The van der Waals surface area contributed by atoms with Crippen LogP contribution in [0.15, 0.2) is 67.0 Å². The zero-order chi connectivity index (χ0) is 32.8. The Morgan fingerprint density at radius 1 is 1.02 bits per heavy atom. The van der Waals surface area contributed by atoms with Gasteiger partial charge in [0.15, 0.2) is 23.0 Å². The smallest absolute Gasteiger partial charge is 0.200 e. The van der Waals surface area contributed by atoms with E-state index in [4.69, 9.17) is 15.2 Å². The number of methoxy groups -OCH3 is 2. The molecule has 0 amide bonds. The number of phenolic OH excluding ortho intramolecular Hbond substituents is 3. The van der Waals surface area contributed by atoms with E-state index in [1.54, 1.807) is 36.7 Å². The van der Waals surface area contributed by atoms with E-state index in [1.165, 1.54) is 20.3 Å². The van der Waals surface area contributed by atoms with Crippen LogP contribution >= 0.6 is 0 Å². The zero-order valence-electron chi connectivity index (χ0n) is 26.2. The molecule has 0 bridgehead atoms. The molecular formula is C36H42N3O7-. The first-order valence-electron chi connectivity index (χ1n) is 15.6. The van der Waals surface area contributed by atoms with Crippen LogP contribution in [0.25, 0.3) is 0 Å². The lowest BCUT2D eigenvalue weighted by atomic mass is 9.59. The number of aryl methyl sites for hydroxylation is 2. The monoisotopic (exact) mass is 628 g/mol. The Bertz CT molecular complexity index is 1640. The maximum absolute atomic E-state index is 14.6. The molecule has 4 aromatic rings. The van der Waals surface area contributed by atoms with Crippen molar-refractivity contribution in [1.82, 2.24) is 9.97 Å². The van der Waals surface area contributed by atoms with Crippen molar-refractivity contribution in [3.63, 3.8) is 0 Å². The number of phenols is 3. The number of aliphatic hydroxyl groups excluding tert-OH is 1. The second kappa shape index (κ2) is 14.2. The number of hydrogen-bond acceptors (Lipinski definition) is 9. The lowest BCUT2D eigenvalue weighted by Gasteiger charge is -2.45. The van der Waals surface area contributed by atoms with Crippen molar-refractivity contribution in [2.24, 2.45) is 11.8 Å². The minimum atomic E-state index is -1.02. The predicted molar refractivity (Wildman–Crippen MR) is 173 cm³/mol. The van der Waals surface area contributed by atoms with Gasteiger partial charge in [-0.1, -0.05) is 24.6 Å². The Morgan fingerprint density at radius 2 is 1.80 bits per heavy atom. The van der Waals surface area contributed by atoms with Gasteiger partial charge in [0.05, 0.1) is 26.2 Å². The lowest BCUT2D eigenvalue weighted by molar-refractivity contribution is -0.131. The van der Waals surface area contributed by atoms with Gasteiger partial charge in [0.25, 0.3) is 0 Å². The van der Waals surface area contributed by atoms with Crippen molar-refractivity contribution < 1.29 is 34.7 Å². The van der Waals surface area contributed by atoms with Crippen LogP contribution in [-0.2, 0) is 29.5 Å². The van der Waals surface area contributed by atoms with Crippen LogP contribution in [0, 0.1) is 11.8 Å². The molecule has 2 aromatic carbocycles. The molecule has 4 atom stereocenters. The summed E-state index contributed by atoms with van der Waals surface area (Å²) >= 11 is 0. The number of hydrogen-bond donors (Lipinski definition) is 5. The molecule has 1 aliphatic rings. The van der Waals surface area contributed by atoms with Gasteiger partial charge in [-0.05, 0) is 97.5 Å². The van der Waals surface area contributed by atoms with E-state index in [1.807, 2.05) is 24.3 Å². The van der Waals surface area contributed by atoms with Gasteiger partial charge in [0, 0.05) is 18.0 Å². The maximum atomic E-state index is 14.6. The van der Waals surface area contributed by atoms with Gasteiger partial charge < -0.3 is 40.6 Å². The molecular weight excluding hydrogens is 586 g/mol. The molecule has 10 nitrogen and oxygen atoms in total. The number of carbonyl (C=O) groups excluding carboxylic acids is 1. The number of ketones is 1. The minimum absolute atomic E-state index is 0.000577. The number of aromatic hydroxyl groups is 3. The SMILES string of the molecule is COc1cc(CCC(O)C(C(=O)CCc2cc(O)c(O)c(OC)c2)C2(c3ccnc(N)c3)CCCC2Cc2ccc[n-]2)ccc1O. The van der Waals surface area contributed by atoms with E-state index in [0.717, 1.165) is 29.7 Å². The molecule has 244 valence electrons. The van der Waals surface area contributed by atoms with E-state index < -0.39 is 17.4 Å². The summed E-state index contributed by atoms with van der Waals surface area (Å²) in [5.41, 5.74) is 8.77. The van der Waals surface area contributed by atoms with Crippen molar-refractivity contribution in [2.45, 2.75) is 62.9 Å². The summed E-state index contributed by atoms with van der Waals surface area (Å²) in [6.07, 6.45) is 6.54.